The zero-order chi connectivity index (χ0) is 8.27. The van der Waals surface area contributed by atoms with Crippen LogP contribution in [0.2, 0.25) is 0 Å². The van der Waals surface area contributed by atoms with Crippen molar-refractivity contribution in [2.24, 2.45) is 0 Å². The third-order valence-electron chi connectivity index (χ3n) is 1.73. The van der Waals surface area contributed by atoms with Gasteiger partial charge in [0.25, 0.3) is 0 Å². The molecule has 0 N–H and O–H groups in total. The first-order valence-electron chi connectivity index (χ1n) is 3.72. The normalized spacial score (nSPS) is 9.64. The smallest absolute Gasteiger partial charge is 0.0357 e. The molecule has 0 aliphatic rings. The van der Waals surface area contributed by atoms with Crippen LogP contribution in [0.3, 0.4) is 0 Å². The van der Waals surface area contributed by atoms with Crippen molar-refractivity contribution in [1.82, 2.24) is 0 Å². The van der Waals surface area contributed by atoms with E-state index in [4.69, 9.17) is 0 Å². The van der Waals surface area contributed by atoms with Crippen molar-refractivity contribution < 1.29 is 5.11 Å². The molecular weight excluding hydrogens is 138 g/mol. The van der Waals surface area contributed by atoms with Gasteiger partial charge in [0.2, 0.25) is 0 Å². The molecule has 0 amide bonds. The molecule has 0 aliphatic heterocycles. The minimum absolute atomic E-state index is 0.0720. The predicted octanol–water partition coefficient (Wildman–Crippen LogP) is 1.22. The highest BCUT2D eigenvalue weighted by Gasteiger charge is 1.93. The fourth-order valence-corrected chi connectivity index (χ4v) is 0.904. The summed E-state index contributed by atoms with van der Waals surface area (Å²) in [5, 5.41) is 10.9. The molecular formula is C9H12NO-. The Morgan fingerprint density at radius 3 is 2.73 bits per heavy atom. The van der Waals surface area contributed by atoms with E-state index in [2.05, 4.69) is 6.92 Å². The molecule has 0 atom stereocenters. The molecule has 0 heterocycles. The molecule has 0 saturated heterocycles. The molecule has 60 valence electrons. The Balaban J connectivity index is 2.86. The van der Waals surface area contributed by atoms with Gasteiger partial charge in [-0.25, -0.2) is 0 Å². The first-order chi connectivity index (χ1) is 5.24. The quantitative estimate of drug-likeness (QED) is 0.633. The Bertz CT molecular complexity index is 235. The Morgan fingerprint density at radius 1 is 1.45 bits per heavy atom. The standard InChI is InChI=1S/C9H13NO/c1-3-10(2)8-5-4-6-9(11)7-8/h4-7,11H,3H2,1-2H3/p-1. The summed E-state index contributed by atoms with van der Waals surface area (Å²) in [6.45, 7) is 2.97. The van der Waals surface area contributed by atoms with Gasteiger partial charge in [0, 0.05) is 19.3 Å². The lowest BCUT2D eigenvalue weighted by atomic mass is 10.3. The first kappa shape index (κ1) is 7.92. The zero-order valence-corrected chi connectivity index (χ0v) is 6.87. The van der Waals surface area contributed by atoms with Crippen LogP contribution in [-0.2, 0) is 0 Å². The van der Waals surface area contributed by atoms with Crippen LogP contribution in [0.15, 0.2) is 24.3 Å². The predicted molar refractivity (Wildman–Crippen MR) is 44.8 cm³/mol. The zero-order valence-electron chi connectivity index (χ0n) is 6.87. The molecule has 0 spiro atoms. The molecule has 1 aromatic carbocycles. The third kappa shape index (κ3) is 1.87. The van der Waals surface area contributed by atoms with Crippen molar-refractivity contribution >= 4 is 5.69 Å². The lowest BCUT2D eigenvalue weighted by Gasteiger charge is -2.18. The van der Waals surface area contributed by atoms with Gasteiger partial charge in [-0.1, -0.05) is 12.1 Å². The van der Waals surface area contributed by atoms with Gasteiger partial charge in [-0.2, -0.15) is 0 Å². The molecule has 2 nitrogen and oxygen atoms in total. The van der Waals surface area contributed by atoms with Gasteiger partial charge in [-0.15, -0.1) is 5.75 Å². The van der Waals surface area contributed by atoms with Crippen molar-refractivity contribution in [2.45, 2.75) is 6.92 Å². The summed E-state index contributed by atoms with van der Waals surface area (Å²) in [6, 6.07) is 6.92. The number of hydrogen-bond acceptors (Lipinski definition) is 2. The van der Waals surface area contributed by atoms with Crippen LogP contribution in [0.5, 0.6) is 5.75 Å². The Kier molecular flexibility index (Phi) is 2.36. The molecule has 0 unspecified atom stereocenters. The summed E-state index contributed by atoms with van der Waals surface area (Å²) in [5.74, 6) is 0.0720. The molecule has 1 rings (SSSR count). The van der Waals surface area contributed by atoms with E-state index in [0.717, 1.165) is 12.2 Å². The lowest BCUT2D eigenvalue weighted by molar-refractivity contribution is -0.268. The maximum atomic E-state index is 10.9. The monoisotopic (exact) mass is 150 g/mol. The molecule has 0 aromatic heterocycles. The van der Waals surface area contributed by atoms with E-state index >= 15 is 0 Å². The largest absolute Gasteiger partial charge is 0.872 e. The van der Waals surface area contributed by atoms with Crippen molar-refractivity contribution in [2.75, 3.05) is 18.5 Å². The van der Waals surface area contributed by atoms with Gasteiger partial charge in [0.1, 0.15) is 0 Å². The summed E-state index contributed by atoms with van der Waals surface area (Å²) in [7, 11) is 1.97. The number of rotatable bonds is 2. The van der Waals surface area contributed by atoms with E-state index in [1.807, 2.05) is 18.0 Å². The Morgan fingerprint density at radius 2 is 2.18 bits per heavy atom. The Hall–Kier alpha value is -1.18. The summed E-state index contributed by atoms with van der Waals surface area (Å²) in [4.78, 5) is 2.03. The number of anilines is 1. The fourth-order valence-electron chi connectivity index (χ4n) is 0.904. The van der Waals surface area contributed by atoms with E-state index in [1.54, 1.807) is 18.2 Å². The molecule has 0 radical (unpaired) electrons. The van der Waals surface area contributed by atoms with E-state index in [9.17, 15) is 5.11 Å². The summed E-state index contributed by atoms with van der Waals surface area (Å²) < 4.78 is 0. The van der Waals surface area contributed by atoms with Crippen LogP contribution >= 0.6 is 0 Å². The topological polar surface area (TPSA) is 26.3 Å². The number of hydrogen-bond donors (Lipinski definition) is 0. The van der Waals surface area contributed by atoms with E-state index in [0.29, 0.717) is 0 Å². The van der Waals surface area contributed by atoms with Crippen LogP contribution in [-0.4, -0.2) is 13.6 Å². The number of nitrogens with zero attached hydrogens (tertiary/aromatic N) is 1. The molecule has 11 heavy (non-hydrogen) atoms. The lowest BCUT2D eigenvalue weighted by Crippen LogP contribution is -2.15. The van der Waals surface area contributed by atoms with Crippen molar-refractivity contribution in [3.05, 3.63) is 24.3 Å². The highest BCUT2D eigenvalue weighted by atomic mass is 16.3. The van der Waals surface area contributed by atoms with E-state index in [-0.39, 0.29) is 5.75 Å². The first-order valence-corrected chi connectivity index (χ1v) is 3.72. The average molecular weight is 150 g/mol. The van der Waals surface area contributed by atoms with Crippen molar-refractivity contribution in [3.8, 4) is 5.75 Å². The van der Waals surface area contributed by atoms with E-state index in [1.165, 1.54) is 0 Å². The maximum absolute atomic E-state index is 10.9. The SMILES string of the molecule is CCN(C)c1cccc([O-])c1. The molecule has 0 fully saturated rings. The summed E-state index contributed by atoms with van der Waals surface area (Å²) >= 11 is 0. The molecule has 0 bridgehead atoms. The second-order valence-electron chi connectivity index (χ2n) is 2.51. The second kappa shape index (κ2) is 3.28. The van der Waals surface area contributed by atoms with Crippen molar-refractivity contribution in [3.63, 3.8) is 0 Å². The Labute approximate surface area is 67.1 Å². The van der Waals surface area contributed by atoms with Gasteiger partial charge in [-0.05, 0) is 19.1 Å². The highest BCUT2D eigenvalue weighted by Crippen LogP contribution is 2.15. The second-order valence-corrected chi connectivity index (χ2v) is 2.51. The highest BCUT2D eigenvalue weighted by molar-refractivity contribution is 5.48. The minimum atomic E-state index is 0.0720. The van der Waals surface area contributed by atoms with Crippen molar-refractivity contribution in [1.29, 1.82) is 0 Å². The van der Waals surface area contributed by atoms with E-state index < -0.39 is 0 Å². The fraction of sp³-hybridized carbons (Fsp3) is 0.333. The third-order valence-corrected chi connectivity index (χ3v) is 1.73. The average Bonchev–Trinajstić information content (AvgIpc) is 2.03. The van der Waals surface area contributed by atoms with Crippen LogP contribution in [0.25, 0.3) is 0 Å². The van der Waals surface area contributed by atoms with Gasteiger partial charge < -0.3 is 10.0 Å². The van der Waals surface area contributed by atoms with Gasteiger partial charge in [0.05, 0.1) is 0 Å². The minimum Gasteiger partial charge on any atom is -0.872 e. The molecule has 2 heteroatoms. The number of benzene rings is 1. The van der Waals surface area contributed by atoms with Gasteiger partial charge in [-0.3, -0.25) is 0 Å². The van der Waals surface area contributed by atoms with Crippen LogP contribution in [0.1, 0.15) is 6.92 Å². The van der Waals surface area contributed by atoms with Crippen LogP contribution in [0, 0.1) is 0 Å². The summed E-state index contributed by atoms with van der Waals surface area (Å²) in [5.41, 5.74) is 0.986. The maximum Gasteiger partial charge on any atom is 0.0357 e. The van der Waals surface area contributed by atoms with Crippen LogP contribution in [0.4, 0.5) is 5.69 Å². The summed E-state index contributed by atoms with van der Waals surface area (Å²) in [6.07, 6.45) is 0. The molecule has 0 aliphatic carbocycles. The van der Waals surface area contributed by atoms with Crippen LogP contribution < -0.4 is 10.0 Å². The van der Waals surface area contributed by atoms with Gasteiger partial charge in [0.15, 0.2) is 0 Å². The van der Waals surface area contributed by atoms with Gasteiger partial charge >= 0.3 is 0 Å². The molecule has 0 saturated carbocycles. The molecule has 1 aromatic rings.